The molecule has 4 rings (SSSR count). The van der Waals surface area contributed by atoms with E-state index in [9.17, 15) is 4.79 Å². The molecule has 1 aromatic heterocycles. The predicted octanol–water partition coefficient (Wildman–Crippen LogP) is 2.02. The van der Waals surface area contributed by atoms with Crippen molar-refractivity contribution in [2.45, 2.75) is 37.4 Å². The van der Waals surface area contributed by atoms with Gasteiger partial charge in [0.1, 0.15) is 5.54 Å². The Balaban J connectivity index is 1.73. The van der Waals surface area contributed by atoms with Gasteiger partial charge in [-0.05, 0) is 13.3 Å². The van der Waals surface area contributed by atoms with Gasteiger partial charge in [0.2, 0.25) is 5.91 Å². The molecular weight excluding hydrogens is 272 g/mol. The summed E-state index contributed by atoms with van der Waals surface area (Å²) in [6.45, 7) is 3.49. The normalized spacial score (nSPS) is 30.9. The second kappa shape index (κ2) is 4.33. The third-order valence-electron chi connectivity index (χ3n) is 4.67. The average Bonchev–Trinajstić information content (AvgIpc) is 2.86. The number of nitrogens with zero attached hydrogens (tertiary/aromatic N) is 1. The van der Waals surface area contributed by atoms with Crippen molar-refractivity contribution < 1.29 is 9.53 Å². The van der Waals surface area contributed by atoms with Crippen LogP contribution in [0, 0.1) is 0 Å². The van der Waals surface area contributed by atoms with Gasteiger partial charge in [0.25, 0.3) is 0 Å². The van der Waals surface area contributed by atoms with Gasteiger partial charge >= 0.3 is 0 Å². The van der Waals surface area contributed by atoms with Crippen molar-refractivity contribution in [3.8, 4) is 0 Å². The number of fused-ring (bicyclic) bond motifs is 1. The molecule has 0 radical (unpaired) electrons. The Kier molecular flexibility index (Phi) is 2.69. The molecule has 2 unspecified atom stereocenters. The van der Waals surface area contributed by atoms with E-state index in [4.69, 9.17) is 4.74 Å². The lowest BCUT2D eigenvalue weighted by Crippen LogP contribution is -2.75. The molecule has 106 valence electrons. The molecule has 1 amide bonds. The van der Waals surface area contributed by atoms with Crippen molar-refractivity contribution in [2.24, 2.45) is 0 Å². The first kappa shape index (κ1) is 12.4. The Morgan fingerprint density at radius 1 is 1.45 bits per heavy atom. The summed E-state index contributed by atoms with van der Waals surface area (Å²) < 4.78 is 5.43. The summed E-state index contributed by atoms with van der Waals surface area (Å²) in [5.41, 5.74) is 2.41. The smallest absolute Gasteiger partial charge is 0.220 e. The number of ether oxygens (including phenoxy) is 1. The molecule has 1 N–H and O–H groups in total. The number of hydrogen-bond donors (Lipinski definition) is 1. The predicted molar refractivity (Wildman–Crippen MR) is 80.0 cm³/mol. The number of amides is 1. The SMILES string of the molecule is CC1C=Cc2cscc2N1C1CCC(=O)NC12COC2. The maximum atomic E-state index is 11.8. The average molecular weight is 290 g/mol. The number of thiophene rings is 1. The molecule has 1 aromatic rings. The highest BCUT2D eigenvalue weighted by atomic mass is 32.1. The topological polar surface area (TPSA) is 41.6 Å². The summed E-state index contributed by atoms with van der Waals surface area (Å²) in [7, 11) is 0. The molecule has 0 aromatic carbocycles. The number of nitrogens with one attached hydrogen (secondary N) is 1. The lowest BCUT2D eigenvalue weighted by Gasteiger charge is -2.55. The molecule has 3 aliphatic rings. The van der Waals surface area contributed by atoms with E-state index < -0.39 is 0 Å². The monoisotopic (exact) mass is 290 g/mol. The summed E-state index contributed by atoms with van der Waals surface area (Å²) in [5.74, 6) is 0.162. The highest BCUT2D eigenvalue weighted by Gasteiger charge is 2.52. The van der Waals surface area contributed by atoms with Crippen molar-refractivity contribution in [2.75, 3.05) is 18.1 Å². The molecule has 2 saturated heterocycles. The highest BCUT2D eigenvalue weighted by molar-refractivity contribution is 7.08. The van der Waals surface area contributed by atoms with E-state index in [0.29, 0.717) is 31.7 Å². The van der Waals surface area contributed by atoms with Crippen LogP contribution in [0.1, 0.15) is 25.3 Å². The number of anilines is 1. The number of rotatable bonds is 1. The van der Waals surface area contributed by atoms with Crippen LogP contribution in [0.15, 0.2) is 16.8 Å². The van der Waals surface area contributed by atoms with Crippen LogP contribution in [0.3, 0.4) is 0 Å². The molecular formula is C15H18N2O2S. The maximum Gasteiger partial charge on any atom is 0.220 e. The standard InChI is InChI=1S/C15H18N2O2S/c1-10-2-3-11-6-20-7-12(11)17(10)13-4-5-14(18)16-15(13)8-19-9-15/h2-3,6-7,10,13H,4-5,8-9H2,1H3,(H,16,18). The van der Waals surface area contributed by atoms with Gasteiger partial charge in [0.15, 0.2) is 0 Å². The van der Waals surface area contributed by atoms with Crippen molar-refractivity contribution in [1.29, 1.82) is 0 Å². The summed E-state index contributed by atoms with van der Waals surface area (Å²) in [6.07, 6.45) is 5.97. The van der Waals surface area contributed by atoms with Crippen LogP contribution < -0.4 is 10.2 Å². The van der Waals surface area contributed by atoms with Crippen LogP contribution in [0.25, 0.3) is 6.08 Å². The molecule has 0 aliphatic carbocycles. The Morgan fingerprint density at radius 3 is 3.05 bits per heavy atom. The van der Waals surface area contributed by atoms with Crippen LogP contribution >= 0.6 is 11.3 Å². The minimum absolute atomic E-state index is 0.162. The van der Waals surface area contributed by atoms with Gasteiger partial charge in [0.05, 0.1) is 24.9 Å². The Labute approximate surface area is 122 Å². The third kappa shape index (κ3) is 1.66. The Hall–Kier alpha value is -1.33. The van der Waals surface area contributed by atoms with E-state index in [0.717, 1.165) is 6.42 Å². The quantitative estimate of drug-likeness (QED) is 0.860. The van der Waals surface area contributed by atoms with Crippen LogP contribution in [0.5, 0.6) is 0 Å². The molecule has 4 heterocycles. The van der Waals surface area contributed by atoms with E-state index >= 15 is 0 Å². The van der Waals surface area contributed by atoms with Crippen molar-refractivity contribution in [3.63, 3.8) is 0 Å². The van der Waals surface area contributed by atoms with Crippen LogP contribution in [0.2, 0.25) is 0 Å². The summed E-state index contributed by atoms with van der Waals surface area (Å²) in [4.78, 5) is 14.3. The zero-order valence-electron chi connectivity index (χ0n) is 11.5. The fourth-order valence-electron chi connectivity index (χ4n) is 3.60. The van der Waals surface area contributed by atoms with E-state index in [-0.39, 0.29) is 11.4 Å². The van der Waals surface area contributed by atoms with Crippen LogP contribution in [-0.2, 0) is 9.53 Å². The lowest BCUT2D eigenvalue weighted by atomic mass is 9.79. The van der Waals surface area contributed by atoms with Gasteiger partial charge in [-0.15, -0.1) is 11.3 Å². The third-order valence-corrected chi connectivity index (χ3v) is 5.42. The lowest BCUT2D eigenvalue weighted by molar-refractivity contribution is -0.142. The first-order valence-electron chi connectivity index (χ1n) is 7.11. The number of piperidine rings is 1. The first-order chi connectivity index (χ1) is 9.70. The molecule has 2 fully saturated rings. The number of carbonyl (C=O) groups is 1. The van der Waals surface area contributed by atoms with Gasteiger partial charge in [-0.1, -0.05) is 12.2 Å². The molecule has 5 heteroatoms. The van der Waals surface area contributed by atoms with E-state index in [1.807, 2.05) is 0 Å². The largest absolute Gasteiger partial charge is 0.376 e. The fourth-order valence-corrected chi connectivity index (χ4v) is 4.40. The van der Waals surface area contributed by atoms with Gasteiger partial charge in [-0.2, -0.15) is 0 Å². The van der Waals surface area contributed by atoms with E-state index in [1.165, 1.54) is 11.3 Å². The van der Waals surface area contributed by atoms with Gasteiger partial charge < -0.3 is 15.0 Å². The summed E-state index contributed by atoms with van der Waals surface area (Å²) in [5, 5.41) is 7.61. The Bertz CT molecular complexity index is 576. The van der Waals surface area contributed by atoms with Crippen molar-refractivity contribution in [1.82, 2.24) is 5.32 Å². The molecule has 0 saturated carbocycles. The first-order valence-corrected chi connectivity index (χ1v) is 8.05. The van der Waals surface area contributed by atoms with E-state index in [1.54, 1.807) is 11.3 Å². The van der Waals surface area contributed by atoms with E-state index in [2.05, 4.69) is 40.1 Å². The highest BCUT2D eigenvalue weighted by Crippen LogP contribution is 2.40. The zero-order valence-corrected chi connectivity index (χ0v) is 12.3. The summed E-state index contributed by atoms with van der Waals surface area (Å²) >= 11 is 1.74. The maximum absolute atomic E-state index is 11.8. The minimum Gasteiger partial charge on any atom is -0.376 e. The minimum atomic E-state index is -0.187. The van der Waals surface area contributed by atoms with Crippen molar-refractivity contribution >= 4 is 29.0 Å². The Morgan fingerprint density at radius 2 is 2.30 bits per heavy atom. The number of hydrogen-bond acceptors (Lipinski definition) is 4. The fraction of sp³-hybridized carbons (Fsp3) is 0.533. The zero-order chi connectivity index (χ0) is 13.7. The molecule has 1 spiro atoms. The molecule has 0 bridgehead atoms. The number of carbonyl (C=O) groups excluding carboxylic acids is 1. The summed E-state index contributed by atoms with van der Waals surface area (Å²) in [6, 6.07) is 0.678. The van der Waals surface area contributed by atoms with Crippen molar-refractivity contribution in [3.05, 3.63) is 22.4 Å². The molecule has 3 aliphatic heterocycles. The van der Waals surface area contributed by atoms with Gasteiger partial charge in [-0.25, -0.2) is 0 Å². The van der Waals surface area contributed by atoms with Crippen LogP contribution in [-0.4, -0.2) is 36.7 Å². The molecule has 4 nitrogen and oxygen atoms in total. The second-order valence-corrected chi connectivity index (χ2v) is 6.71. The second-order valence-electron chi connectivity index (χ2n) is 5.97. The molecule has 2 atom stereocenters. The van der Waals surface area contributed by atoms with Gasteiger partial charge in [0, 0.05) is 28.8 Å². The molecule has 20 heavy (non-hydrogen) atoms. The van der Waals surface area contributed by atoms with Gasteiger partial charge in [-0.3, -0.25) is 4.79 Å². The van der Waals surface area contributed by atoms with Crippen LogP contribution in [0.4, 0.5) is 5.69 Å².